The van der Waals surface area contributed by atoms with Gasteiger partial charge in [-0.2, -0.15) is 0 Å². The van der Waals surface area contributed by atoms with Crippen LogP contribution in [-0.4, -0.2) is 22.7 Å². The van der Waals surface area contributed by atoms with Gasteiger partial charge >= 0.3 is 6.03 Å². The summed E-state index contributed by atoms with van der Waals surface area (Å²) in [5, 5.41) is 8.99. The van der Waals surface area contributed by atoms with E-state index in [1.807, 2.05) is 6.92 Å². The number of benzene rings is 2. The molecule has 4 rings (SSSR count). The molecule has 0 spiro atoms. The lowest BCUT2D eigenvalue weighted by molar-refractivity contribution is 0.0993. The number of rotatable bonds is 5. The molecule has 0 unspecified atom stereocenters. The molecule has 3 amide bonds. The van der Waals surface area contributed by atoms with Gasteiger partial charge in [-0.3, -0.25) is 14.6 Å². The molecule has 0 bridgehead atoms. The van der Waals surface area contributed by atoms with Crippen molar-refractivity contribution in [1.82, 2.24) is 4.98 Å². The highest BCUT2D eigenvalue weighted by Crippen LogP contribution is 2.27. The molecular formula is C24H20N4O4. The first-order chi connectivity index (χ1) is 15.4. The van der Waals surface area contributed by atoms with Gasteiger partial charge in [0.05, 0.1) is 17.5 Å². The Balaban J connectivity index is 1.54. The first-order valence-electron chi connectivity index (χ1n) is 9.84. The van der Waals surface area contributed by atoms with Gasteiger partial charge in [0.25, 0.3) is 5.91 Å². The van der Waals surface area contributed by atoms with E-state index in [1.54, 1.807) is 60.7 Å². The number of pyridine rings is 1. The molecule has 0 radical (unpaired) electrons. The van der Waals surface area contributed by atoms with Crippen LogP contribution in [0.25, 0.3) is 10.9 Å². The smallest absolute Gasteiger partial charge is 0.323 e. The number of ketones is 1. The number of urea groups is 1. The van der Waals surface area contributed by atoms with Crippen molar-refractivity contribution in [2.45, 2.75) is 13.8 Å². The molecule has 0 atom stereocenters. The minimum atomic E-state index is -0.443. The molecule has 2 aromatic heterocycles. The molecule has 160 valence electrons. The summed E-state index contributed by atoms with van der Waals surface area (Å²) in [6.07, 6.45) is 1.43. The highest BCUT2D eigenvalue weighted by Gasteiger charge is 2.13. The first-order valence-corrected chi connectivity index (χ1v) is 9.84. The predicted octanol–water partition coefficient (Wildman–Crippen LogP) is 5.24. The molecule has 8 heteroatoms. The van der Waals surface area contributed by atoms with Crippen LogP contribution >= 0.6 is 0 Å². The van der Waals surface area contributed by atoms with Crippen molar-refractivity contribution in [3.05, 3.63) is 83.9 Å². The summed E-state index contributed by atoms with van der Waals surface area (Å²) in [6, 6.07) is 16.4. The molecule has 2 aromatic carbocycles. The highest BCUT2D eigenvalue weighted by molar-refractivity contribution is 6.08. The van der Waals surface area contributed by atoms with Gasteiger partial charge in [-0.1, -0.05) is 0 Å². The monoisotopic (exact) mass is 428 g/mol. The van der Waals surface area contributed by atoms with Crippen LogP contribution in [0, 0.1) is 6.92 Å². The number of hydrogen-bond donors (Lipinski definition) is 3. The second kappa shape index (κ2) is 8.73. The van der Waals surface area contributed by atoms with E-state index in [1.165, 1.54) is 13.2 Å². The van der Waals surface area contributed by atoms with Crippen molar-refractivity contribution in [3.63, 3.8) is 0 Å². The van der Waals surface area contributed by atoms with E-state index in [-0.39, 0.29) is 17.5 Å². The van der Waals surface area contributed by atoms with Crippen LogP contribution in [0.1, 0.15) is 33.5 Å². The Bertz CT molecular complexity index is 1310. The SMILES string of the molecule is CC(=O)c1ccc(NC(=O)Nc2ccc3nc(C)cc(NC(=O)c4ccco4)c3c2)cc1. The zero-order chi connectivity index (χ0) is 22.7. The Morgan fingerprint density at radius 2 is 1.59 bits per heavy atom. The fourth-order valence-electron chi connectivity index (χ4n) is 3.21. The lowest BCUT2D eigenvalue weighted by Gasteiger charge is -2.12. The number of aromatic nitrogens is 1. The van der Waals surface area contributed by atoms with Crippen molar-refractivity contribution < 1.29 is 18.8 Å². The third kappa shape index (κ3) is 4.65. The van der Waals surface area contributed by atoms with Crippen LogP contribution < -0.4 is 16.0 Å². The number of carbonyl (C=O) groups is 3. The average Bonchev–Trinajstić information content (AvgIpc) is 3.29. The molecule has 2 heterocycles. The van der Waals surface area contributed by atoms with Crippen molar-refractivity contribution in [1.29, 1.82) is 0 Å². The average molecular weight is 428 g/mol. The maximum absolute atomic E-state index is 12.4. The normalized spacial score (nSPS) is 10.6. The summed E-state index contributed by atoms with van der Waals surface area (Å²) in [6.45, 7) is 3.31. The van der Waals surface area contributed by atoms with E-state index < -0.39 is 6.03 Å². The van der Waals surface area contributed by atoms with Gasteiger partial charge in [-0.25, -0.2) is 4.79 Å². The number of amides is 3. The number of nitrogens with one attached hydrogen (secondary N) is 3. The summed E-state index contributed by atoms with van der Waals surface area (Å²) >= 11 is 0. The van der Waals surface area contributed by atoms with Gasteiger partial charge in [0.1, 0.15) is 0 Å². The van der Waals surface area contributed by atoms with Gasteiger partial charge in [-0.15, -0.1) is 0 Å². The van der Waals surface area contributed by atoms with Crippen LogP contribution in [0.15, 0.2) is 71.3 Å². The zero-order valence-corrected chi connectivity index (χ0v) is 17.4. The molecule has 3 N–H and O–H groups in total. The molecular weight excluding hydrogens is 408 g/mol. The van der Waals surface area contributed by atoms with Gasteiger partial charge in [0.15, 0.2) is 11.5 Å². The van der Waals surface area contributed by atoms with Crippen molar-refractivity contribution >= 4 is 45.7 Å². The number of anilines is 3. The highest BCUT2D eigenvalue weighted by atomic mass is 16.3. The number of carbonyl (C=O) groups excluding carboxylic acids is 3. The number of hydrogen-bond acceptors (Lipinski definition) is 5. The lowest BCUT2D eigenvalue weighted by Crippen LogP contribution is -2.19. The van der Waals surface area contributed by atoms with E-state index in [2.05, 4.69) is 20.9 Å². The van der Waals surface area contributed by atoms with Crippen LogP contribution in [0.5, 0.6) is 0 Å². The van der Waals surface area contributed by atoms with Gasteiger partial charge < -0.3 is 20.4 Å². The predicted molar refractivity (Wildman–Crippen MR) is 122 cm³/mol. The molecule has 0 fully saturated rings. The number of aryl methyl sites for hydroxylation is 1. The maximum Gasteiger partial charge on any atom is 0.323 e. The van der Waals surface area contributed by atoms with Crippen LogP contribution in [0.3, 0.4) is 0 Å². The van der Waals surface area contributed by atoms with E-state index in [9.17, 15) is 14.4 Å². The fraction of sp³-hybridized carbons (Fsp3) is 0.0833. The van der Waals surface area contributed by atoms with Crippen LogP contribution in [0.2, 0.25) is 0 Å². The fourth-order valence-corrected chi connectivity index (χ4v) is 3.21. The molecule has 8 nitrogen and oxygen atoms in total. The second-order valence-corrected chi connectivity index (χ2v) is 7.19. The van der Waals surface area contributed by atoms with Crippen molar-refractivity contribution in [2.75, 3.05) is 16.0 Å². The standard InChI is InChI=1S/C24H20N4O4/c1-14-12-21(28-23(30)22-4-3-11-32-22)19-13-18(9-10-20(19)25-14)27-24(31)26-17-7-5-16(6-8-17)15(2)29/h3-13H,1-2H3,(H,25,28,30)(H2,26,27,31). The molecule has 0 aliphatic heterocycles. The summed E-state index contributed by atoms with van der Waals surface area (Å²) in [5.74, 6) is -0.236. The van der Waals surface area contributed by atoms with Gasteiger partial charge in [0, 0.05) is 28.0 Å². The van der Waals surface area contributed by atoms with Crippen LogP contribution in [-0.2, 0) is 0 Å². The summed E-state index contributed by atoms with van der Waals surface area (Å²) in [4.78, 5) is 40.7. The van der Waals surface area contributed by atoms with Crippen LogP contribution in [0.4, 0.5) is 21.9 Å². The second-order valence-electron chi connectivity index (χ2n) is 7.19. The Labute approximate surface area is 183 Å². The Kier molecular flexibility index (Phi) is 5.67. The molecule has 0 aliphatic carbocycles. The lowest BCUT2D eigenvalue weighted by atomic mass is 10.1. The molecule has 0 aliphatic rings. The van der Waals surface area contributed by atoms with Crippen molar-refractivity contribution in [2.24, 2.45) is 0 Å². The third-order valence-corrected chi connectivity index (χ3v) is 4.74. The number of furan rings is 1. The Morgan fingerprint density at radius 1 is 0.875 bits per heavy atom. The number of Topliss-reactive ketones (excluding diaryl/α,β-unsaturated/α-hetero) is 1. The minimum absolute atomic E-state index is 0.0454. The molecule has 32 heavy (non-hydrogen) atoms. The van der Waals surface area contributed by atoms with E-state index >= 15 is 0 Å². The maximum atomic E-state index is 12.4. The summed E-state index contributed by atoms with van der Waals surface area (Å²) in [5.41, 5.74) is 3.60. The summed E-state index contributed by atoms with van der Waals surface area (Å²) < 4.78 is 5.15. The number of fused-ring (bicyclic) bond motifs is 1. The molecule has 0 saturated carbocycles. The van der Waals surface area contributed by atoms with Crippen molar-refractivity contribution in [3.8, 4) is 0 Å². The third-order valence-electron chi connectivity index (χ3n) is 4.74. The van der Waals surface area contributed by atoms with Gasteiger partial charge in [-0.05, 0) is 74.5 Å². The minimum Gasteiger partial charge on any atom is -0.459 e. The van der Waals surface area contributed by atoms with E-state index in [4.69, 9.17) is 4.42 Å². The van der Waals surface area contributed by atoms with E-state index in [0.29, 0.717) is 33.5 Å². The van der Waals surface area contributed by atoms with Gasteiger partial charge in [0.2, 0.25) is 0 Å². The summed E-state index contributed by atoms with van der Waals surface area (Å²) in [7, 11) is 0. The Morgan fingerprint density at radius 3 is 2.28 bits per heavy atom. The quantitative estimate of drug-likeness (QED) is 0.377. The topological polar surface area (TPSA) is 113 Å². The largest absolute Gasteiger partial charge is 0.459 e. The zero-order valence-electron chi connectivity index (χ0n) is 17.4. The Hall–Kier alpha value is -4.46. The number of nitrogens with zero attached hydrogens (tertiary/aromatic N) is 1. The molecule has 0 saturated heterocycles. The molecule has 4 aromatic rings. The first kappa shape index (κ1) is 20.8. The van der Waals surface area contributed by atoms with E-state index in [0.717, 1.165) is 5.69 Å².